The first-order valence-electron chi connectivity index (χ1n) is 8.67. The molecule has 2 aromatic heterocycles. The zero-order valence-electron chi connectivity index (χ0n) is 16.1. The Morgan fingerprint density at radius 2 is 1.93 bits per heavy atom. The Morgan fingerprint density at radius 1 is 1.21 bits per heavy atom. The number of alkyl carbamates (subject to hydrolysis) is 1. The molecule has 0 bridgehead atoms. The predicted octanol–water partition coefficient (Wildman–Crippen LogP) is 3.36. The van der Waals surface area contributed by atoms with Gasteiger partial charge in [0, 0.05) is 11.3 Å². The van der Waals surface area contributed by atoms with Crippen molar-refractivity contribution in [1.82, 2.24) is 20.5 Å². The lowest BCUT2D eigenvalue weighted by Crippen LogP contribution is -2.32. The van der Waals surface area contributed by atoms with Crippen LogP contribution < -0.4 is 10.0 Å². The fourth-order valence-corrected chi connectivity index (χ4v) is 4.33. The van der Waals surface area contributed by atoms with Crippen LogP contribution in [0.15, 0.2) is 46.0 Å². The lowest BCUT2D eigenvalue weighted by atomic mass is 10.2. The van der Waals surface area contributed by atoms with Gasteiger partial charge in [-0.1, -0.05) is 6.07 Å². The first kappa shape index (κ1) is 20.8. The molecule has 29 heavy (non-hydrogen) atoms. The molecule has 0 unspecified atom stereocenters. The molecule has 0 spiro atoms. The Hall–Kier alpha value is -2.92. The van der Waals surface area contributed by atoms with Crippen molar-refractivity contribution in [3.8, 4) is 11.4 Å². The van der Waals surface area contributed by atoms with Gasteiger partial charge in [0.25, 0.3) is 10.0 Å². The van der Waals surface area contributed by atoms with Gasteiger partial charge in [-0.3, -0.25) is 9.82 Å². The first-order valence-corrected chi connectivity index (χ1v) is 11.0. The van der Waals surface area contributed by atoms with Crippen LogP contribution in [0.1, 0.15) is 26.6 Å². The number of nitrogens with zero attached hydrogens (tertiary/aromatic N) is 2. The zero-order valence-corrected chi connectivity index (χ0v) is 17.7. The van der Waals surface area contributed by atoms with Gasteiger partial charge in [0.2, 0.25) is 0 Å². The second-order valence-corrected chi connectivity index (χ2v) is 9.93. The highest BCUT2D eigenvalue weighted by Gasteiger charge is 2.17. The number of sulfonamides is 1. The van der Waals surface area contributed by atoms with Crippen molar-refractivity contribution in [1.29, 1.82) is 0 Å². The van der Waals surface area contributed by atoms with E-state index in [0.29, 0.717) is 22.9 Å². The topological polar surface area (TPSA) is 126 Å². The standard InChI is InChI=1S/C18H21N5O4S2/c1-18(2,3)27-17(24)19-11-14-20-16(22-21-14)12-6-8-13(9-7-12)23-29(25,26)15-5-4-10-28-15/h4-10,23H,11H2,1-3H3,(H,19,24)(H,20,21,22). The SMILES string of the molecule is CC(C)(C)OC(=O)NCc1nc(-c2ccc(NS(=O)(=O)c3cccs3)cc2)n[nH]1. The van der Waals surface area contributed by atoms with Crippen LogP contribution in [-0.4, -0.2) is 35.3 Å². The van der Waals surface area contributed by atoms with Gasteiger partial charge in [-0.25, -0.2) is 18.2 Å². The molecule has 0 aliphatic rings. The van der Waals surface area contributed by atoms with E-state index in [1.54, 1.807) is 62.5 Å². The Morgan fingerprint density at radius 3 is 2.55 bits per heavy atom. The minimum absolute atomic E-state index is 0.139. The normalized spacial score (nSPS) is 11.8. The fraction of sp³-hybridized carbons (Fsp3) is 0.278. The van der Waals surface area contributed by atoms with E-state index in [-0.39, 0.29) is 10.8 Å². The number of hydrogen-bond donors (Lipinski definition) is 3. The molecule has 0 aliphatic carbocycles. The number of hydrogen-bond acceptors (Lipinski definition) is 7. The van der Waals surface area contributed by atoms with E-state index in [4.69, 9.17) is 4.74 Å². The van der Waals surface area contributed by atoms with Crippen LogP contribution in [0.3, 0.4) is 0 Å². The van der Waals surface area contributed by atoms with E-state index in [2.05, 4.69) is 25.2 Å². The lowest BCUT2D eigenvalue weighted by Gasteiger charge is -2.19. The summed E-state index contributed by atoms with van der Waals surface area (Å²) in [6.45, 7) is 5.48. The quantitative estimate of drug-likeness (QED) is 0.545. The Balaban J connectivity index is 1.61. The summed E-state index contributed by atoms with van der Waals surface area (Å²) >= 11 is 1.15. The summed E-state index contributed by atoms with van der Waals surface area (Å²) in [4.78, 5) is 16.0. The Bertz CT molecular complexity index is 1070. The van der Waals surface area contributed by atoms with E-state index < -0.39 is 21.7 Å². The summed E-state index contributed by atoms with van der Waals surface area (Å²) in [7, 11) is -3.59. The van der Waals surface area contributed by atoms with Crippen molar-refractivity contribution >= 4 is 33.1 Å². The lowest BCUT2D eigenvalue weighted by molar-refractivity contribution is 0.0522. The molecule has 3 N–H and O–H groups in total. The monoisotopic (exact) mass is 435 g/mol. The largest absolute Gasteiger partial charge is 0.444 e. The third-order valence-electron chi connectivity index (χ3n) is 3.49. The number of carbonyl (C=O) groups is 1. The molecule has 1 amide bonds. The van der Waals surface area contributed by atoms with Crippen LogP contribution in [0.5, 0.6) is 0 Å². The molecule has 3 aromatic rings. The molecule has 0 fully saturated rings. The molecule has 0 atom stereocenters. The second-order valence-electron chi connectivity index (χ2n) is 7.08. The van der Waals surface area contributed by atoms with Crippen molar-refractivity contribution < 1.29 is 17.9 Å². The highest BCUT2D eigenvalue weighted by molar-refractivity contribution is 7.94. The molecular formula is C18H21N5O4S2. The number of benzene rings is 1. The van der Waals surface area contributed by atoms with Gasteiger partial charge < -0.3 is 10.1 Å². The van der Waals surface area contributed by atoms with Gasteiger partial charge in [-0.15, -0.1) is 11.3 Å². The third-order valence-corrected chi connectivity index (χ3v) is 6.26. The summed E-state index contributed by atoms with van der Waals surface area (Å²) in [5.41, 5.74) is 0.553. The molecule has 9 nitrogen and oxygen atoms in total. The average Bonchev–Trinajstić information content (AvgIpc) is 3.31. The molecule has 1 aromatic carbocycles. The van der Waals surface area contributed by atoms with Crippen molar-refractivity contribution in [2.24, 2.45) is 0 Å². The maximum atomic E-state index is 12.3. The van der Waals surface area contributed by atoms with Crippen LogP contribution >= 0.6 is 11.3 Å². The van der Waals surface area contributed by atoms with E-state index in [9.17, 15) is 13.2 Å². The third kappa shape index (κ3) is 5.78. The molecule has 0 radical (unpaired) electrons. The molecule has 11 heteroatoms. The molecule has 0 aliphatic heterocycles. The fourth-order valence-electron chi connectivity index (χ4n) is 2.28. The number of aromatic nitrogens is 3. The van der Waals surface area contributed by atoms with Gasteiger partial charge in [-0.2, -0.15) is 5.10 Å². The van der Waals surface area contributed by atoms with Crippen LogP contribution in [0, 0.1) is 0 Å². The highest BCUT2D eigenvalue weighted by atomic mass is 32.2. The summed E-state index contributed by atoms with van der Waals surface area (Å²) in [5, 5.41) is 11.2. The van der Waals surface area contributed by atoms with Gasteiger partial charge in [0.15, 0.2) is 5.82 Å². The number of ether oxygens (including phenoxy) is 1. The number of thiophene rings is 1. The van der Waals surface area contributed by atoms with Crippen LogP contribution in [0.25, 0.3) is 11.4 Å². The maximum Gasteiger partial charge on any atom is 0.408 e. The number of nitrogens with one attached hydrogen (secondary N) is 3. The van der Waals surface area contributed by atoms with E-state index in [1.165, 1.54) is 0 Å². The average molecular weight is 436 g/mol. The Kier molecular flexibility index (Phi) is 5.89. The van der Waals surface area contributed by atoms with Gasteiger partial charge in [0.1, 0.15) is 15.6 Å². The number of aromatic amines is 1. The summed E-state index contributed by atoms with van der Waals surface area (Å²) in [6.07, 6.45) is -0.544. The van der Waals surface area contributed by atoms with Crippen molar-refractivity contribution in [2.75, 3.05) is 4.72 Å². The number of carbonyl (C=O) groups excluding carboxylic acids is 1. The molecule has 154 valence electrons. The molecular weight excluding hydrogens is 414 g/mol. The zero-order chi connectivity index (χ0) is 21.1. The number of rotatable bonds is 6. The highest BCUT2D eigenvalue weighted by Crippen LogP contribution is 2.22. The summed E-state index contributed by atoms with van der Waals surface area (Å²) in [6, 6.07) is 9.91. The molecule has 2 heterocycles. The van der Waals surface area contributed by atoms with Gasteiger partial charge in [0.05, 0.1) is 6.54 Å². The van der Waals surface area contributed by atoms with E-state index >= 15 is 0 Å². The van der Waals surface area contributed by atoms with Gasteiger partial charge in [-0.05, 0) is 56.5 Å². The molecule has 0 saturated carbocycles. The van der Waals surface area contributed by atoms with E-state index in [0.717, 1.165) is 11.3 Å². The maximum absolute atomic E-state index is 12.3. The van der Waals surface area contributed by atoms with Crippen molar-refractivity contribution in [2.45, 2.75) is 37.1 Å². The minimum Gasteiger partial charge on any atom is -0.444 e. The minimum atomic E-state index is -3.59. The van der Waals surface area contributed by atoms with Crippen molar-refractivity contribution in [3.05, 3.63) is 47.6 Å². The predicted molar refractivity (Wildman–Crippen MR) is 110 cm³/mol. The smallest absolute Gasteiger partial charge is 0.408 e. The molecule has 3 rings (SSSR count). The van der Waals surface area contributed by atoms with Gasteiger partial charge >= 0.3 is 6.09 Å². The van der Waals surface area contributed by atoms with Crippen LogP contribution in [-0.2, 0) is 21.3 Å². The first-order chi connectivity index (χ1) is 13.6. The number of anilines is 1. The van der Waals surface area contributed by atoms with Crippen LogP contribution in [0.4, 0.5) is 10.5 Å². The van der Waals surface area contributed by atoms with Crippen molar-refractivity contribution in [3.63, 3.8) is 0 Å². The number of amides is 1. The number of H-pyrrole nitrogens is 1. The summed E-state index contributed by atoms with van der Waals surface area (Å²) in [5.74, 6) is 0.895. The Labute approximate surface area is 172 Å². The van der Waals surface area contributed by atoms with Crippen LogP contribution in [0.2, 0.25) is 0 Å². The summed E-state index contributed by atoms with van der Waals surface area (Å²) < 4.78 is 32.5. The molecule has 0 saturated heterocycles. The second kappa shape index (κ2) is 8.21. The van der Waals surface area contributed by atoms with E-state index in [1.807, 2.05) is 0 Å².